The van der Waals surface area contributed by atoms with Gasteiger partial charge < -0.3 is 19.1 Å². The average Bonchev–Trinajstić information content (AvgIpc) is 3.19. The van der Waals surface area contributed by atoms with Crippen molar-refractivity contribution in [3.8, 4) is 22.7 Å². The third-order valence-electron chi connectivity index (χ3n) is 4.76. The molecule has 0 aliphatic carbocycles. The summed E-state index contributed by atoms with van der Waals surface area (Å²) in [5.74, 6) is 1.47. The van der Waals surface area contributed by atoms with E-state index in [2.05, 4.69) is 31.1 Å². The molecule has 0 fully saturated rings. The first-order valence-corrected chi connectivity index (χ1v) is 10.0. The maximum absolute atomic E-state index is 10.3. The monoisotopic (exact) mass is 592 g/mol. The van der Waals surface area contributed by atoms with Crippen LogP contribution >= 0.6 is 0 Å². The molecule has 0 amide bonds. The number of phenols is 1. The predicted molar refractivity (Wildman–Crippen MR) is 118 cm³/mol. The topological polar surface area (TPSA) is 45.2 Å². The summed E-state index contributed by atoms with van der Waals surface area (Å²) in [6, 6.07) is 22.7. The van der Waals surface area contributed by atoms with E-state index in [9.17, 15) is 5.11 Å². The molecule has 0 saturated carbocycles. The third kappa shape index (κ3) is 5.23. The van der Waals surface area contributed by atoms with Crippen LogP contribution in [0.1, 0.15) is 13.8 Å². The summed E-state index contributed by atoms with van der Waals surface area (Å²) in [5, 5.41) is 10.3. The number of phenolic OH excluding ortho intramolecular Hbond substituents is 1. The van der Waals surface area contributed by atoms with Crippen molar-refractivity contribution >= 4 is 11.5 Å². The molecule has 160 valence electrons. The molecule has 0 atom stereocenters. The van der Waals surface area contributed by atoms with Gasteiger partial charge in [0.1, 0.15) is 11.6 Å². The van der Waals surface area contributed by atoms with Crippen molar-refractivity contribution in [2.24, 2.45) is 13.0 Å². The molecular weight excluding hydrogens is 567 g/mol. The number of rotatable bonds is 6. The van der Waals surface area contributed by atoms with Gasteiger partial charge in [0.2, 0.25) is 6.33 Å². The number of para-hydroxylation sites is 1. The Morgan fingerprint density at radius 3 is 2.55 bits per heavy atom. The van der Waals surface area contributed by atoms with Gasteiger partial charge in [-0.05, 0) is 30.2 Å². The minimum atomic E-state index is 0. The Morgan fingerprint density at radius 1 is 1.06 bits per heavy atom. The second-order valence-electron chi connectivity index (χ2n) is 7.70. The Kier molecular flexibility index (Phi) is 7.29. The standard InChI is InChI=1S/C25H25N4O.Pt/c1-19(2)17-29(21-9-6-8-20(16-21)28-15-14-27(3)18-28)25-13-7-11-23(26-25)22-10-4-5-12-24(22)30;/h4-15,19,30H,17H2,1-3H3;/q-1;+2. The summed E-state index contributed by atoms with van der Waals surface area (Å²) in [4.78, 5) is 7.04. The van der Waals surface area contributed by atoms with Gasteiger partial charge >= 0.3 is 21.1 Å². The Hall–Kier alpha value is -2.91. The Balaban J connectivity index is 0.00000272. The molecule has 31 heavy (non-hydrogen) atoms. The summed E-state index contributed by atoms with van der Waals surface area (Å²) in [5.41, 5.74) is 3.31. The van der Waals surface area contributed by atoms with Crippen molar-refractivity contribution in [1.82, 2.24) is 9.55 Å². The van der Waals surface area contributed by atoms with E-state index in [1.807, 2.05) is 83.2 Å². The number of aromatic hydroxyl groups is 1. The van der Waals surface area contributed by atoms with Crippen molar-refractivity contribution in [2.75, 3.05) is 11.4 Å². The van der Waals surface area contributed by atoms with E-state index in [1.165, 1.54) is 0 Å². The van der Waals surface area contributed by atoms with Crippen LogP contribution in [0.2, 0.25) is 0 Å². The van der Waals surface area contributed by atoms with E-state index < -0.39 is 0 Å². The minimum absolute atomic E-state index is 0. The molecule has 1 N–H and O–H groups in total. The quantitative estimate of drug-likeness (QED) is 0.266. The molecule has 0 unspecified atom stereocenters. The molecule has 0 spiro atoms. The van der Waals surface area contributed by atoms with Crippen LogP contribution in [0.25, 0.3) is 16.9 Å². The summed E-state index contributed by atoms with van der Waals surface area (Å²) >= 11 is 0. The van der Waals surface area contributed by atoms with Crippen LogP contribution in [0.4, 0.5) is 11.5 Å². The number of anilines is 2. The Morgan fingerprint density at radius 2 is 1.84 bits per heavy atom. The fourth-order valence-electron chi connectivity index (χ4n) is 3.37. The van der Waals surface area contributed by atoms with Gasteiger partial charge in [-0.15, -0.1) is 6.07 Å². The second kappa shape index (κ2) is 9.93. The molecule has 6 heteroatoms. The molecule has 2 aromatic carbocycles. The summed E-state index contributed by atoms with van der Waals surface area (Å²) < 4.78 is 3.80. The molecule has 4 rings (SSSR count). The van der Waals surface area contributed by atoms with E-state index in [4.69, 9.17) is 4.98 Å². The average molecular weight is 593 g/mol. The van der Waals surface area contributed by atoms with Crippen LogP contribution in [-0.2, 0) is 28.1 Å². The van der Waals surface area contributed by atoms with Gasteiger partial charge in [-0.2, -0.15) is 18.2 Å². The summed E-state index contributed by atoms with van der Waals surface area (Å²) in [6.45, 7) is 5.16. The maximum Gasteiger partial charge on any atom is 2.00 e. The molecule has 4 aromatic rings. The van der Waals surface area contributed by atoms with E-state index in [1.54, 1.807) is 6.07 Å². The molecule has 5 nitrogen and oxygen atoms in total. The zero-order chi connectivity index (χ0) is 21.1. The van der Waals surface area contributed by atoms with Gasteiger partial charge in [0.15, 0.2) is 0 Å². The van der Waals surface area contributed by atoms with Gasteiger partial charge in [-0.1, -0.05) is 43.4 Å². The SMILES string of the molecule is CC(C)CN(c1[c-]c(-n2[c-][n+](C)cc2)ccc1)c1cccc(-c2ccccc2O)n1.[Pt+2]. The van der Waals surface area contributed by atoms with Gasteiger partial charge in [0.05, 0.1) is 12.7 Å². The van der Waals surface area contributed by atoms with E-state index >= 15 is 0 Å². The van der Waals surface area contributed by atoms with E-state index in [0.717, 1.165) is 35.0 Å². The second-order valence-corrected chi connectivity index (χ2v) is 7.70. The molecular formula is C25H25N4OPt+. The zero-order valence-corrected chi connectivity index (χ0v) is 20.0. The number of aryl methyl sites for hydroxylation is 1. The number of imidazole rings is 1. The molecule has 0 aliphatic rings. The minimum Gasteiger partial charge on any atom is -0.507 e. The Bertz CT molecular complexity index is 1160. The number of aromatic nitrogens is 3. The first-order valence-electron chi connectivity index (χ1n) is 10.0. The van der Waals surface area contributed by atoms with Gasteiger partial charge in [-0.25, -0.2) is 4.98 Å². The van der Waals surface area contributed by atoms with Crippen molar-refractivity contribution < 1.29 is 30.7 Å². The normalized spacial score (nSPS) is 10.7. The molecule has 0 aliphatic heterocycles. The van der Waals surface area contributed by atoms with Crippen LogP contribution in [0.3, 0.4) is 0 Å². The molecule has 0 saturated heterocycles. The number of benzene rings is 2. The molecule has 0 bridgehead atoms. The van der Waals surface area contributed by atoms with Crippen LogP contribution in [0.5, 0.6) is 5.75 Å². The van der Waals surface area contributed by atoms with E-state index in [-0.39, 0.29) is 26.8 Å². The summed E-state index contributed by atoms with van der Waals surface area (Å²) in [6.07, 6.45) is 7.12. The fourth-order valence-corrected chi connectivity index (χ4v) is 3.37. The number of hydrogen-bond donors (Lipinski definition) is 1. The fraction of sp³-hybridized carbons (Fsp3) is 0.200. The largest absolute Gasteiger partial charge is 2.00 e. The summed E-state index contributed by atoms with van der Waals surface area (Å²) in [7, 11) is 1.94. The number of nitrogens with zero attached hydrogens (tertiary/aromatic N) is 4. The van der Waals surface area contributed by atoms with Crippen molar-refractivity contribution in [2.45, 2.75) is 13.8 Å². The Labute approximate surface area is 197 Å². The van der Waals surface area contributed by atoms with Crippen LogP contribution in [0, 0.1) is 18.3 Å². The van der Waals surface area contributed by atoms with Crippen molar-refractivity contribution in [1.29, 1.82) is 0 Å². The predicted octanol–water partition coefficient (Wildman–Crippen LogP) is 4.46. The first kappa shape index (κ1) is 22.8. The molecule has 0 radical (unpaired) electrons. The van der Waals surface area contributed by atoms with E-state index in [0.29, 0.717) is 5.92 Å². The first-order chi connectivity index (χ1) is 14.5. The van der Waals surface area contributed by atoms with Gasteiger partial charge in [-0.3, -0.25) is 0 Å². The van der Waals surface area contributed by atoms with Gasteiger partial charge in [0, 0.05) is 24.5 Å². The maximum atomic E-state index is 10.3. The number of hydrogen-bond acceptors (Lipinski definition) is 3. The zero-order valence-electron chi connectivity index (χ0n) is 17.8. The third-order valence-corrected chi connectivity index (χ3v) is 4.76. The van der Waals surface area contributed by atoms with Crippen LogP contribution < -0.4 is 9.47 Å². The van der Waals surface area contributed by atoms with Gasteiger partial charge in [0.25, 0.3) is 0 Å². The van der Waals surface area contributed by atoms with Crippen molar-refractivity contribution in [3.63, 3.8) is 0 Å². The van der Waals surface area contributed by atoms with Crippen molar-refractivity contribution in [3.05, 3.63) is 85.5 Å². The van der Waals surface area contributed by atoms with Crippen LogP contribution in [-0.4, -0.2) is 21.2 Å². The molecule has 2 aromatic heterocycles. The molecule has 2 heterocycles. The number of pyridine rings is 1. The smallest absolute Gasteiger partial charge is 0.507 e. The van der Waals surface area contributed by atoms with Crippen LogP contribution in [0.15, 0.2) is 73.1 Å².